The van der Waals surface area contributed by atoms with Gasteiger partial charge in [-0.15, -0.1) is 0 Å². The molecular weight excluding hydrogens is 251 g/mol. The first-order valence-corrected chi connectivity index (χ1v) is 5.45. The lowest BCUT2D eigenvalue weighted by Gasteiger charge is -1.98. The SMILES string of the molecule is Cn1cc(-c2noc(-c3cc(F)ccc3O)n2)cn1. The van der Waals surface area contributed by atoms with Crippen LogP contribution in [-0.2, 0) is 7.05 Å². The van der Waals surface area contributed by atoms with Crippen LogP contribution in [0.4, 0.5) is 4.39 Å². The summed E-state index contributed by atoms with van der Waals surface area (Å²) in [6.45, 7) is 0. The van der Waals surface area contributed by atoms with Crippen LogP contribution in [0, 0.1) is 5.82 Å². The predicted octanol–water partition coefficient (Wildman–Crippen LogP) is 1.98. The number of phenols is 1. The molecule has 1 aromatic carbocycles. The van der Waals surface area contributed by atoms with Crippen LogP contribution in [0.5, 0.6) is 5.75 Å². The van der Waals surface area contributed by atoms with Gasteiger partial charge in [-0.2, -0.15) is 10.1 Å². The Morgan fingerprint density at radius 2 is 2.21 bits per heavy atom. The smallest absolute Gasteiger partial charge is 0.262 e. The van der Waals surface area contributed by atoms with Crippen LogP contribution in [0.1, 0.15) is 0 Å². The number of hydrogen-bond acceptors (Lipinski definition) is 5. The Hall–Kier alpha value is -2.70. The predicted molar refractivity (Wildman–Crippen MR) is 63.6 cm³/mol. The van der Waals surface area contributed by atoms with Crippen molar-refractivity contribution in [2.75, 3.05) is 0 Å². The molecule has 0 saturated heterocycles. The molecule has 0 radical (unpaired) electrons. The van der Waals surface area contributed by atoms with Gasteiger partial charge in [0.15, 0.2) is 0 Å². The minimum absolute atomic E-state index is 0.0517. The first-order valence-electron chi connectivity index (χ1n) is 5.45. The number of rotatable bonds is 2. The number of nitrogens with zero attached hydrogens (tertiary/aromatic N) is 4. The number of aromatic hydroxyl groups is 1. The molecule has 96 valence electrons. The van der Waals surface area contributed by atoms with E-state index in [1.807, 2.05) is 0 Å². The van der Waals surface area contributed by atoms with E-state index in [1.54, 1.807) is 24.1 Å². The Balaban J connectivity index is 2.03. The fourth-order valence-corrected chi connectivity index (χ4v) is 1.67. The van der Waals surface area contributed by atoms with Crippen molar-refractivity contribution in [3.8, 4) is 28.6 Å². The van der Waals surface area contributed by atoms with Gasteiger partial charge in [0.2, 0.25) is 5.82 Å². The summed E-state index contributed by atoms with van der Waals surface area (Å²) in [5.41, 5.74) is 0.830. The summed E-state index contributed by atoms with van der Waals surface area (Å²) < 4.78 is 19.8. The quantitative estimate of drug-likeness (QED) is 0.762. The van der Waals surface area contributed by atoms with E-state index in [1.165, 1.54) is 6.07 Å². The van der Waals surface area contributed by atoms with Gasteiger partial charge < -0.3 is 9.63 Å². The molecule has 19 heavy (non-hydrogen) atoms. The normalized spacial score (nSPS) is 10.8. The fourth-order valence-electron chi connectivity index (χ4n) is 1.67. The lowest BCUT2D eigenvalue weighted by atomic mass is 10.2. The minimum Gasteiger partial charge on any atom is -0.507 e. The number of aryl methyl sites for hydroxylation is 1. The number of phenolic OH excluding ortho intramolecular Hbond substituents is 1. The molecule has 0 saturated carbocycles. The molecule has 6 nitrogen and oxygen atoms in total. The number of aromatic nitrogens is 4. The first-order chi connectivity index (χ1) is 9.13. The molecule has 0 fully saturated rings. The second-order valence-electron chi connectivity index (χ2n) is 3.99. The van der Waals surface area contributed by atoms with Crippen LogP contribution >= 0.6 is 0 Å². The Bertz CT molecular complexity index is 735. The molecule has 0 aliphatic rings. The lowest BCUT2D eigenvalue weighted by molar-refractivity contribution is 0.425. The maximum absolute atomic E-state index is 13.2. The zero-order chi connectivity index (χ0) is 13.4. The zero-order valence-corrected chi connectivity index (χ0v) is 9.91. The van der Waals surface area contributed by atoms with Gasteiger partial charge in [0.1, 0.15) is 11.6 Å². The van der Waals surface area contributed by atoms with Gasteiger partial charge in [0.05, 0.1) is 17.3 Å². The van der Waals surface area contributed by atoms with E-state index in [2.05, 4.69) is 15.2 Å². The largest absolute Gasteiger partial charge is 0.507 e. The highest BCUT2D eigenvalue weighted by Gasteiger charge is 2.15. The summed E-state index contributed by atoms with van der Waals surface area (Å²) in [4.78, 5) is 4.11. The van der Waals surface area contributed by atoms with E-state index in [0.717, 1.165) is 12.1 Å². The third kappa shape index (κ3) is 2.05. The van der Waals surface area contributed by atoms with E-state index in [4.69, 9.17) is 4.52 Å². The summed E-state index contributed by atoms with van der Waals surface area (Å²) in [7, 11) is 1.77. The maximum atomic E-state index is 13.2. The zero-order valence-electron chi connectivity index (χ0n) is 9.91. The molecule has 3 rings (SSSR count). The van der Waals surface area contributed by atoms with Crippen molar-refractivity contribution in [1.82, 2.24) is 19.9 Å². The minimum atomic E-state index is -0.492. The van der Waals surface area contributed by atoms with Crippen LogP contribution in [0.25, 0.3) is 22.8 Å². The second kappa shape index (κ2) is 4.20. The van der Waals surface area contributed by atoms with E-state index in [0.29, 0.717) is 11.4 Å². The highest BCUT2D eigenvalue weighted by Crippen LogP contribution is 2.29. The van der Waals surface area contributed by atoms with Crippen molar-refractivity contribution in [2.45, 2.75) is 0 Å². The van der Waals surface area contributed by atoms with Crippen molar-refractivity contribution in [3.63, 3.8) is 0 Å². The third-order valence-electron chi connectivity index (χ3n) is 2.58. The van der Waals surface area contributed by atoms with Gasteiger partial charge in [0.25, 0.3) is 5.89 Å². The van der Waals surface area contributed by atoms with Crippen LogP contribution in [0.2, 0.25) is 0 Å². The highest BCUT2D eigenvalue weighted by atomic mass is 19.1. The molecule has 3 aromatic rings. The molecule has 0 aliphatic carbocycles. The molecule has 1 N–H and O–H groups in total. The molecule has 2 aromatic heterocycles. The Labute approximate surface area is 107 Å². The average Bonchev–Trinajstić information content (AvgIpc) is 3.00. The van der Waals surface area contributed by atoms with Crippen molar-refractivity contribution >= 4 is 0 Å². The molecule has 0 atom stereocenters. The average molecular weight is 260 g/mol. The van der Waals surface area contributed by atoms with Gasteiger partial charge in [-0.3, -0.25) is 4.68 Å². The molecule has 0 spiro atoms. The van der Waals surface area contributed by atoms with Crippen molar-refractivity contribution in [1.29, 1.82) is 0 Å². The molecule has 7 heteroatoms. The highest BCUT2D eigenvalue weighted by molar-refractivity contribution is 5.64. The number of halogens is 1. The molecular formula is C12H9FN4O2. The molecule has 0 bridgehead atoms. The van der Waals surface area contributed by atoms with Crippen LogP contribution < -0.4 is 0 Å². The van der Waals surface area contributed by atoms with E-state index in [-0.39, 0.29) is 17.2 Å². The van der Waals surface area contributed by atoms with E-state index < -0.39 is 5.82 Å². The Morgan fingerprint density at radius 1 is 1.37 bits per heavy atom. The summed E-state index contributed by atoms with van der Waals surface area (Å²) in [5.74, 6) is -0.237. The van der Waals surface area contributed by atoms with Crippen LogP contribution in [0.3, 0.4) is 0 Å². The number of benzene rings is 1. The molecule has 0 unspecified atom stereocenters. The maximum Gasteiger partial charge on any atom is 0.262 e. The first kappa shape index (κ1) is 11.4. The van der Waals surface area contributed by atoms with Crippen LogP contribution in [-0.4, -0.2) is 25.0 Å². The Morgan fingerprint density at radius 3 is 2.95 bits per heavy atom. The third-order valence-corrected chi connectivity index (χ3v) is 2.58. The van der Waals surface area contributed by atoms with Crippen molar-refractivity contribution in [2.24, 2.45) is 7.05 Å². The summed E-state index contributed by atoms with van der Waals surface area (Å²) in [5, 5.41) is 17.4. The van der Waals surface area contributed by atoms with E-state index >= 15 is 0 Å². The van der Waals surface area contributed by atoms with Gasteiger partial charge in [-0.05, 0) is 18.2 Å². The number of hydrogen-bond donors (Lipinski definition) is 1. The summed E-state index contributed by atoms with van der Waals surface area (Å²) in [6.07, 6.45) is 3.31. The van der Waals surface area contributed by atoms with Crippen LogP contribution in [0.15, 0.2) is 35.1 Å². The molecule has 2 heterocycles. The van der Waals surface area contributed by atoms with E-state index in [9.17, 15) is 9.50 Å². The topological polar surface area (TPSA) is 77.0 Å². The monoisotopic (exact) mass is 260 g/mol. The van der Waals surface area contributed by atoms with Gasteiger partial charge in [0, 0.05) is 13.2 Å². The van der Waals surface area contributed by atoms with Crippen molar-refractivity contribution in [3.05, 3.63) is 36.4 Å². The van der Waals surface area contributed by atoms with Gasteiger partial charge in [-0.25, -0.2) is 4.39 Å². The summed E-state index contributed by atoms with van der Waals surface area (Å²) in [6, 6.07) is 3.52. The summed E-state index contributed by atoms with van der Waals surface area (Å²) >= 11 is 0. The molecule has 0 amide bonds. The van der Waals surface area contributed by atoms with Gasteiger partial charge in [-0.1, -0.05) is 5.16 Å². The fraction of sp³-hybridized carbons (Fsp3) is 0.0833. The standard InChI is InChI=1S/C12H9FN4O2/c1-17-6-7(5-14-17)11-15-12(19-16-11)9-4-8(13)2-3-10(9)18/h2-6,18H,1H3. The van der Waals surface area contributed by atoms with Crippen molar-refractivity contribution < 1.29 is 14.0 Å². The Kier molecular flexibility index (Phi) is 2.52. The van der Waals surface area contributed by atoms with Gasteiger partial charge >= 0.3 is 0 Å². The lowest BCUT2D eigenvalue weighted by Crippen LogP contribution is -1.84. The second-order valence-corrected chi connectivity index (χ2v) is 3.99. The molecule has 0 aliphatic heterocycles.